The van der Waals surface area contributed by atoms with Gasteiger partial charge in [-0.15, -0.1) is 0 Å². The van der Waals surface area contributed by atoms with Crippen molar-refractivity contribution in [1.29, 1.82) is 0 Å². The molecule has 0 amide bonds. The third-order valence-electron chi connectivity index (χ3n) is 4.75. The summed E-state index contributed by atoms with van der Waals surface area (Å²) in [6.45, 7) is 8.91. The van der Waals surface area contributed by atoms with Crippen LogP contribution in [0.25, 0.3) is 11.3 Å². The van der Waals surface area contributed by atoms with Crippen molar-refractivity contribution in [2.24, 2.45) is 0 Å². The van der Waals surface area contributed by atoms with Crippen molar-refractivity contribution in [1.82, 2.24) is 8.15 Å². The molecule has 3 rings (SSSR count). The summed E-state index contributed by atoms with van der Waals surface area (Å²) >= 11 is 8.43. The molecule has 151 valence electrons. The number of hydrogen-bond acceptors (Lipinski definition) is 3. The van der Waals surface area contributed by atoms with Crippen molar-refractivity contribution in [2.45, 2.75) is 47.0 Å². The second-order valence-electron chi connectivity index (χ2n) is 7.57. The molecule has 0 N–H and O–H groups in total. The third kappa shape index (κ3) is 4.78. The summed E-state index contributed by atoms with van der Waals surface area (Å²) in [5.41, 5.74) is 5.82. The van der Waals surface area contributed by atoms with Crippen LogP contribution in [0.1, 0.15) is 42.0 Å². The summed E-state index contributed by atoms with van der Waals surface area (Å²) in [5.74, 6) is 0.0360. The predicted octanol–water partition coefficient (Wildman–Crippen LogP) is 4.89. The van der Waals surface area contributed by atoms with Crippen molar-refractivity contribution >= 4 is 28.4 Å². The van der Waals surface area contributed by atoms with Crippen LogP contribution in [-0.4, -0.2) is 24.4 Å². The number of aromatic nitrogens is 2. The molecule has 1 radical (unpaired) electrons. The number of ether oxygens (including phenoxy) is 1. The van der Waals surface area contributed by atoms with Crippen molar-refractivity contribution in [3.05, 3.63) is 85.9 Å². The van der Waals surface area contributed by atoms with Gasteiger partial charge in [-0.2, -0.15) is 0 Å². The molecule has 0 aliphatic rings. The molecule has 2 aromatic carbocycles. The van der Waals surface area contributed by atoms with Crippen LogP contribution in [0.5, 0.6) is 0 Å². The normalized spacial score (nSPS) is 11.2. The van der Waals surface area contributed by atoms with E-state index in [1.807, 2.05) is 48.7 Å². The Labute approximate surface area is 185 Å². The standard InChI is InChI=1S/C23H25N2O2SSe/c1-15(2)20-21(19-11-16(3)10-17(4)12-19)24(23(28)25(29)22(20)26)14-27-13-18-8-6-5-7-9-18/h5-12,15H,13-14H2,1-4H3. The second kappa shape index (κ2) is 9.22. The first kappa shape index (κ1) is 21.7. The molecule has 3 aromatic rings. The van der Waals surface area contributed by atoms with E-state index >= 15 is 0 Å². The zero-order valence-corrected chi connectivity index (χ0v) is 19.7. The Balaban J connectivity index is 2.15. The first-order valence-corrected chi connectivity index (χ1v) is 10.7. The van der Waals surface area contributed by atoms with E-state index in [1.54, 1.807) is 0 Å². The van der Waals surface area contributed by atoms with E-state index in [1.165, 1.54) is 3.58 Å². The van der Waals surface area contributed by atoms with E-state index in [-0.39, 0.29) is 18.2 Å². The van der Waals surface area contributed by atoms with Crippen LogP contribution in [0.3, 0.4) is 0 Å². The van der Waals surface area contributed by atoms with Gasteiger partial charge < -0.3 is 0 Å². The van der Waals surface area contributed by atoms with Gasteiger partial charge in [-0.3, -0.25) is 0 Å². The topological polar surface area (TPSA) is 36.2 Å². The maximum absolute atomic E-state index is 13.1. The molecule has 29 heavy (non-hydrogen) atoms. The minimum absolute atomic E-state index is 0.0360. The molecule has 1 aromatic heterocycles. The molecule has 6 heteroatoms. The van der Waals surface area contributed by atoms with Crippen molar-refractivity contribution < 1.29 is 4.74 Å². The fourth-order valence-corrected chi connectivity index (χ4v) is 4.18. The molecule has 0 bridgehead atoms. The van der Waals surface area contributed by atoms with E-state index < -0.39 is 0 Å². The average Bonchev–Trinajstić information content (AvgIpc) is 2.67. The van der Waals surface area contributed by atoms with Gasteiger partial charge in [0, 0.05) is 0 Å². The average molecular weight is 472 g/mol. The van der Waals surface area contributed by atoms with Crippen LogP contribution < -0.4 is 5.56 Å². The number of hydrogen-bond donors (Lipinski definition) is 0. The zero-order chi connectivity index (χ0) is 21.1. The molecular weight excluding hydrogens is 447 g/mol. The predicted molar refractivity (Wildman–Crippen MR) is 121 cm³/mol. The van der Waals surface area contributed by atoms with Gasteiger partial charge >= 0.3 is 185 Å². The summed E-state index contributed by atoms with van der Waals surface area (Å²) in [6, 6.07) is 16.3. The molecule has 0 atom stereocenters. The van der Waals surface area contributed by atoms with Crippen LogP contribution in [0.4, 0.5) is 0 Å². The van der Waals surface area contributed by atoms with Gasteiger partial charge in [0.05, 0.1) is 0 Å². The molecule has 0 aliphatic heterocycles. The van der Waals surface area contributed by atoms with Crippen LogP contribution in [-0.2, 0) is 18.1 Å². The Morgan fingerprint density at radius 3 is 2.28 bits per heavy atom. The molecular formula is C23H25N2O2SSe. The van der Waals surface area contributed by atoms with Gasteiger partial charge in [-0.25, -0.2) is 0 Å². The first-order chi connectivity index (χ1) is 13.8. The molecule has 0 saturated heterocycles. The van der Waals surface area contributed by atoms with Crippen LogP contribution >= 0.6 is 12.2 Å². The summed E-state index contributed by atoms with van der Waals surface area (Å²) in [5, 5.41) is 0. The van der Waals surface area contributed by atoms with Gasteiger partial charge in [-0.1, -0.05) is 0 Å². The van der Waals surface area contributed by atoms with E-state index in [2.05, 4.69) is 48.3 Å². The van der Waals surface area contributed by atoms with E-state index in [9.17, 15) is 4.79 Å². The van der Waals surface area contributed by atoms with Gasteiger partial charge in [-0.05, 0) is 0 Å². The molecule has 0 saturated carbocycles. The molecule has 0 aliphatic carbocycles. The van der Waals surface area contributed by atoms with Gasteiger partial charge in [0.2, 0.25) is 0 Å². The van der Waals surface area contributed by atoms with E-state index in [4.69, 9.17) is 17.0 Å². The summed E-state index contributed by atoms with van der Waals surface area (Å²) in [4.78, 5) is 13.1. The van der Waals surface area contributed by atoms with Crippen LogP contribution in [0.15, 0.2) is 53.3 Å². The Bertz CT molecular complexity index is 1110. The Kier molecular flexibility index (Phi) is 6.91. The zero-order valence-electron chi connectivity index (χ0n) is 17.1. The molecule has 0 spiro atoms. The summed E-state index contributed by atoms with van der Waals surface area (Å²) < 4.78 is 9.75. The molecule has 0 unspecified atom stereocenters. The fraction of sp³-hybridized carbons (Fsp3) is 0.304. The Morgan fingerprint density at radius 1 is 1.07 bits per heavy atom. The van der Waals surface area contributed by atoms with Crippen molar-refractivity contribution in [3.8, 4) is 11.3 Å². The number of benzene rings is 2. The molecule has 4 nitrogen and oxygen atoms in total. The van der Waals surface area contributed by atoms with Crippen LogP contribution in [0.2, 0.25) is 0 Å². The van der Waals surface area contributed by atoms with Gasteiger partial charge in [0.25, 0.3) is 0 Å². The first-order valence-electron chi connectivity index (χ1n) is 9.57. The monoisotopic (exact) mass is 473 g/mol. The number of nitrogens with zero attached hydrogens (tertiary/aromatic N) is 2. The summed E-state index contributed by atoms with van der Waals surface area (Å²) in [6.07, 6.45) is 0. The maximum atomic E-state index is 13.1. The van der Waals surface area contributed by atoms with E-state index in [0.29, 0.717) is 11.4 Å². The van der Waals surface area contributed by atoms with Crippen molar-refractivity contribution in [3.63, 3.8) is 0 Å². The molecule has 1 heterocycles. The minimum atomic E-state index is -0.0986. The van der Waals surface area contributed by atoms with Crippen LogP contribution in [0, 0.1) is 18.6 Å². The Morgan fingerprint density at radius 2 is 1.69 bits per heavy atom. The molecule has 0 fully saturated rings. The second-order valence-corrected chi connectivity index (χ2v) is 8.70. The van der Waals surface area contributed by atoms with Gasteiger partial charge in [0.15, 0.2) is 0 Å². The summed E-state index contributed by atoms with van der Waals surface area (Å²) in [7, 11) is 0. The van der Waals surface area contributed by atoms with Crippen molar-refractivity contribution in [2.75, 3.05) is 0 Å². The SMILES string of the molecule is Cc1cc(C)cc(-c2c(C(C)C)c(=O)n([Se])c(=S)n2COCc2ccccc2)c1. The Hall–Kier alpha value is -1.98. The van der Waals surface area contributed by atoms with E-state index in [0.717, 1.165) is 33.5 Å². The fourth-order valence-electron chi connectivity index (χ4n) is 3.54. The van der Waals surface area contributed by atoms with Gasteiger partial charge in [0.1, 0.15) is 0 Å². The number of aryl methyl sites for hydroxylation is 2. The quantitative estimate of drug-likeness (QED) is 0.379. The third-order valence-corrected chi connectivity index (χ3v) is 6.12. The number of rotatable bonds is 6.